The van der Waals surface area contributed by atoms with Crippen LogP contribution in [0.25, 0.3) is 0 Å². The second-order valence-electron chi connectivity index (χ2n) is 1.99. The van der Waals surface area contributed by atoms with Crippen molar-refractivity contribution in [2.75, 3.05) is 5.88 Å². The Morgan fingerprint density at radius 3 is 2.12 bits per heavy atom. The van der Waals surface area contributed by atoms with E-state index >= 15 is 0 Å². The van der Waals surface area contributed by atoms with Crippen molar-refractivity contribution in [1.82, 2.24) is 0 Å². The molecule has 0 spiro atoms. The van der Waals surface area contributed by atoms with Crippen LogP contribution in [0.15, 0.2) is 0 Å². The van der Waals surface area contributed by atoms with Gasteiger partial charge in [-0.15, -0.1) is 11.6 Å². The van der Waals surface area contributed by atoms with Crippen molar-refractivity contribution in [3.8, 4) is 0 Å². The molecule has 0 nitrogen and oxygen atoms in total. The summed E-state index contributed by atoms with van der Waals surface area (Å²) in [4.78, 5) is 0. The van der Waals surface area contributed by atoms with Crippen molar-refractivity contribution < 1.29 is 0 Å². The van der Waals surface area contributed by atoms with Gasteiger partial charge in [-0.2, -0.15) is 0 Å². The highest BCUT2D eigenvalue weighted by molar-refractivity contribution is 6.19. The van der Waals surface area contributed by atoms with Crippen molar-refractivity contribution in [2.45, 2.75) is 33.1 Å². The van der Waals surface area contributed by atoms with Gasteiger partial charge in [-0.25, -0.2) is 0 Å². The molecule has 0 bridgehead atoms. The topological polar surface area (TPSA) is 0 Å². The highest BCUT2D eigenvalue weighted by atomic mass is 35.5. The molecular formula is C7H14Cl. The van der Waals surface area contributed by atoms with Crippen molar-refractivity contribution >= 4 is 11.6 Å². The summed E-state index contributed by atoms with van der Waals surface area (Å²) in [5.41, 5.74) is 0. The lowest BCUT2D eigenvalue weighted by Gasteiger charge is -2.06. The van der Waals surface area contributed by atoms with E-state index in [-0.39, 0.29) is 0 Å². The Hall–Kier alpha value is 0.290. The fourth-order valence-electron chi connectivity index (χ4n) is 0.692. The molecule has 0 aliphatic rings. The van der Waals surface area contributed by atoms with Gasteiger partial charge < -0.3 is 0 Å². The van der Waals surface area contributed by atoms with Crippen LogP contribution >= 0.6 is 11.6 Å². The minimum atomic E-state index is 0.754. The average Bonchev–Trinajstić information content (AvgIpc) is 1.83. The molecule has 0 rings (SSSR count). The lowest BCUT2D eigenvalue weighted by atomic mass is 10.0. The number of alkyl halides is 1. The van der Waals surface area contributed by atoms with Crippen LogP contribution in [0.5, 0.6) is 0 Å². The summed E-state index contributed by atoms with van der Waals surface area (Å²) in [5, 5.41) is 0. The molecule has 0 aliphatic heterocycles. The zero-order valence-electron chi connectivity index (χ0n) is 5.71. The van der Waals surface area contributed by atoms with Crippen LogP contribution in [0.2, 0.25) is 0 Å². The van der Waals surface area contributed by atoms with E-state index in [2.05, 4.69) is 13.8 Å². The maximum atomic E-state index is 5.61. The molecule has 0 heterocycles. The van der Waals surface area contributed by atoms with Gasteiger partial charge >= 0.3 is 0 Å². The summed E-state index contributed by atoms with van der Waals surface area (Å²) in [7, 11) is 0. The minimum Gasteiger partial charge on any atom is -0.126 e. The molecule has 0 fully saturated rings. The Morgan fingerprint density at radius 1 is 1.38 bits per heavy atom. The van der Waals surface area contributed by atoms with Crippen LogP contribution in [0.3, 0.4) is 0 Å². The molecular weight excluding hydrogens is 120 g/mol. The first-order chi connectivity index (χ1) is 3.85. The second kappa shape index (κ2) is 5.43. The lowest BCUT2D eigenvalue weighted by Crippen LogP contribution is -1.95. The van der Waals surface area contributed by atoms with E-state index in [4.69, 9.17) is 11.6 Å². The van der Waals surface area contributed by atoms with E-state index in [1.54, 1.807) is 0 Å². The maximum Gasteiger partial charge on any atom is 0.0285 e. The van der Waals surface area contributed by atoms with Crippen molar-refractivity contribution in [3.05, 3.63) is 5.92 Å². The molecule has 1 heteroatoms. The van der Waals surface area contributed by atoms with E-state index in [1.165, 1.54) is 18.8 Å². The Bertz CT molecular complexity index is 39.7. The van der Waals surface area contributed by atoms with E-state index in [1.807, 2.05) is 0 Å². The molecule has 0 amide bonds. The predicted molar refractivity (Wildman–Crippen MR) is 39.2 cm³/mol. The van der Waals surface area contributed by atoms with E-state index < -0.39 is 0 Å². The average molecular weight is 134 g/mol. The van der Waals surface area contributed by atoms with Crippen LogP contribution in [-0.4, -0.2) is 5.88 Å². The highest BCUT2D eigenvalue weighted by Crippen LogP contribution is 2.13. The number of hydrogen-bond donors (Lipinski definition) is 0. The number of halogens is 1. The molecule has 0 aromatic carbocycles. The normalized spacial score (nSPS) is 10.5. The Kier molecular flexibility index (Phi) is 5.62. The molecule has 0 aliphatic carbocycles. The number of rotatable bonds is 4. The molecule has 0 N–H and O–H groups in total. The van der Waals surface area contributed by atoms with Crippen molar-refractivity contribution in [2.24, 2.45) is 0 Å². The van der Waals surface area contributed by atoms with Gasteiger partial charge in [0.1, 0.15) is 0 Å². The fourth-order valence-corrected chi connectivity index (χ4v) is 1.01. The van der Waals surface area contributed by atoms with Gasteiger partial charge in [-0.1, -0.05) is 20.3 Å². The Labute approximate surface area is 57.2 Å². The Morgan fingerprint density at radius 2 is 2.00 bits per heavy atom. The van der Waals surface area contributed by atoms with E-state index in [0.29, 0.717) is 0 Å². The lowest BCUT2D eigenvalue weighted by molar-refractivity contribution is 0.749. The summed E-state index contributed by atoms with van der Waals surface area (Å²) in [6, 6.07) is 0. The molecule has 0 saturated heterocycles. The third kappa shape index (κ3) is 3.31. The standard InChI is InChI=1S/C7H14Cl/c1-3-5-7(4-2)6-8/h3-6H2,1-2H3. The predicted octanol–water partition coefficient (Wildman–Crippen LogP) is 3.01. The molecule has 0 saturated carbocycles. The third-order valence-corrected chi connectivity index (χ3v) is 1.67. The van der Waals surface area contributed by atoms with E-state index in [0.717, 1.165) is 12.3 Å². The van der Waals surface area contributed by atoms with Crippen molar-refractivity contribution in [1.29, 1.82) is 0 Å². The SMILES string of the molecule is CCC[C](CC)CCl. The minimum absolute atomic E-state index is 0.754. The smallest absolute Gasteiger partial charge is 0.0285 e. The van der Waals surface area contributed by atoms with Gasteiger partial charge in [-0.3, -0.25) is 0 Å². The quantitative estimate of drug-likeness (QED) is 0.518. The van der Waals surface area contributed by atoms with Crippen LogP contribution < -0.4 is 0 Å². The first kappa shape index (κ1) is 8.29. The first-order valence-corrected chi connectivity index (χ1v) is 3.78. The summed E-state index contributed by atoms with van der Waals surface area (Å²) < 4.78 is 0. The maximum absolute atomic E-state index is 5.61. The summed E-state index contributed by atoms with van der Waals surface area (Å²) >= 11 is 5.61. The summed E-state index contributed by atoms with van der Waals surface area (Å²) in [6.07, 6.45) is 3.59. The van der Waals surface area contributed by atoms with Gasteiger partial charge in [-0.05, 0) is 18.8 Å². The number of hydrogen-bond acceptors (Lipinski definition) is 0. The largest absolute Gasteiger partial charge is 0.126 e. The first-order valence-electron chi connectivity index (χ1n) is 3.24. The molecule has 8 heavy (non-hydrogen) atoms. The third-order valence-electron chi connectivity index (χ3n) is 1.29. The second-order valence-corrected chi connectivity index (χ2v) is 2.25. The summed E-state index contributed by atoms with van der Waals surface area (Å²) in [6.45, 7) is 4.34. The van der Waals surface area contributed by atoms with Crippen LogP contribution in [0, 0.1) is 5.92 Å². The molecule has 0 atom stereocenters. The molecule has 0 aromatic rings. The van der Waals surface area contributed by atoms with Gasteiger partial charge in [0.2, 0.25) is 0 Å². The zero-order chi connectivity index (χ0) is 6.41. The van der Waals surface area contributed by atoms with Crippen LogP contribution in [-0.2, 0) is 0 Å². The fraction of sp³-hybridized carbons (Fsp3) is 0.857. The molecule has 0 aromatic heterocycles. The van der Waals surface area contributed by atoms with Crippen LogP contribution in [0.4, 0.5) is 0 Å². The highest BCUT2D eigenvalue weighted by Gasteiger charge is 2.01. The monoisotopic (exact) mass is 133 g/mol. The molecule has 0 unspecified atom stereocenters. The van der Waals surface area contributed by atoms with Gasteiger partial charge in [0.05, 0.1) is 0 Å². The molecule has 1 radical (unpaired) electrons. The van der Waals surface area contributed by atoms with E-state index in [9.17, 15) is 0 Å². The molecule has 49 valence electrons. The summed E-state index contributed by atoms with van der Waals surface area (Å²) in [5.74, 6) is 2.24. The van der Waals surface area contributed by atoms with Crippen LogP contribution in [0.1, 0.15) is 33.1 Å². The van der Waals surface area contributed by atoms with Crippen molar-refractivity contribution in [3.63, 3.8) is 0 Å². The van der Waals surface area contributed by atoms with Gasteiger partial charge in [0.25, 0.3) is 0 Å². The van der Waals surface area contributed by atoms with Gasteiger partial charge in [0.15, 0.2) is 0 Å². The Balaban J connectivity index is 3.07. The van der Waals surface area contributed by atoms with Gasteiger partial charge in [0, 0.05) is 5.88 Å². The zero-order valence-corrected chi connectivity index (χ0v) is 6.46.